The zero-order chi connectivity index (χ0) is 13.6. The smallest absolute Gasteiger partial charge is 0.187 e. The minimum Gasteiger partial charge on any atom is -0.382 e. The van der Waals surface area contributed by atoms with Crippen molar-refractivity contribution in [3.05, 3.63) is 0 Å². The van der Waals surface area contributed by atoms with Crippen LogP contribution in [0.3, 0.4) is 0 Å². The van der Waals surface area contributed by atoms with Crippen molar-refractivity contribution in [2.24, 2.45) is 0 Å². The van der Waals surface area contributed by atoms with E-state index in [0.29, 0.717) is 11.6 Å². The van der Waals surface area contributed by atoms with E-state index in [1.807, 2.05) is 6.92 Å². The van der Waals surface area contributed by atoms with E-state index in [1.165, 1.54) is 0 Å². The number of aromatic nitrogens is 1. The number of nitrogens with one attached hydrogen (secondary N) is 1. The van der Waals surface area contributed by atoms with Crippen LogP contribution in [0.25, 0.3) is 0 Å². The molecule has 1 saturated carbocycles. The zero-order valence-corrected chi connectivity index (χ0v) is 12.3. The van der Waals surface area contributed by atoms with Crippen molar-refractivity contribution < 1.29 is 13.2 Å². The number of hydrogen-bond acceptors (Lipinski definition) is 7. The molecule has 0 aromatic carbocycles. The highest BCUT2D eigenvalue weighted by Gasteiger charge is 2.41. The molecule has 2 aliphatic rings. The van der Waals surface area contributed by atoms with Gasteiger partial charge in [0.2, 0.25) is 0 Å². The SMILES string of the molecule is CC1OCCC1Nc1snc(N)c1S(=O)(=O)C1CC1. The van der Waals surface area contributed by atoms with Crippen LogP contribution in [-0.4, -0.2) is 36.8 Å². The maximum Gasteiger partial charge on any atom is 0.187 e. The molecule has 2 fully saturated rings. The van der Waals surface area contributed by atoms with Gasteiger partial charge in [-0.2, -0.15) is 4.37 Å². The van der Waals surface area contributed by atoms with Gasteiger partial charge in [0.1, 0.15) is 9.90 Å². The van der Waals surface area contributed by atoms with E-state index in [2.05, 4.69) is 9.69 Å². The molecular formula is C11H17N3O3S2. The van der Waals surface area contributed by atoms with E-state index in [9.17, 15) is 8.42 Å². The molecule has 3 N–H and O–H groups in total. The summed E-state index contributed by atoms with van der Waals surface area (Å²) in [5, 5.41) is 3.53. The van der Waals surface area contributed by atoms with Gasteiger partial charge in [0.25, 0.3) is 0 Å². The van der Waals surface area contributed by atoms with Crippen LogP contribution in [0.1, 0.15) is 26.2 Å². The summed E-state index contributed by atoms with van der Waals surface area (Å²) in [6.45, 7) is 2.67. The predicted octanol–water partition coefficient (Wildman–Crippen LogP) is 1.25. The molecule has 2 atom stereocenters. The van der Waals surface area contributed by atoms with E-state index in [1.54, 1.807) is 0 Å². The number of nitrogens with zero attached hydrogens (tertiary/aromatic N) is 1. The molecule has 0 radical (unpaired) electrons. The van der Waals surface area contributed by atoms with Crippen LogP contribution in [0.2, 0.25) is 0 Å². The normalized spacial score (nSPS) is 27.6. The van der Waals surface area contributed by atoms with Crippen molar-refractivity contribution in [3.63, 3.8) is 0 Å². The maximum absolute atomic E-state index is 12.4. The van der Waals surface area contributed by atoms with Crippen LogP contribution in [0, 0.1) is 0 Å². The van der Waals surface area contributed by atoms with Crippen molar-refractivity contribution in [3.8, 4) is 0 Å². The lowest BCUT2D eigenvalue weighted by Gasteiger charge is -2.16. The standard InChI is InChI=1S/C11H17N3O3S2/c1-6-8(4-5-17-6)13-11-9(10(12)14-18-11)19(15,16)7-2-3-7/h6-8,13H,2-5H2,1H3,(H2,12,14). The van der Waals surface area contributed by atoms with Crippen LogP contribution in [0.4, 0.5) is 10.8 Å². The first-order valence-electron chi connectivity index (χ1n) is 6.37. The van der Waals surface area contributed by atoms with E-state index in [4.69, 9.17) is 10.5 Å². The van der Waals surface area contributed by atoms with Crippen molar-refractivity contribution >= 4 is 32.2 Å². The summed E-state index contributed by atoms with van der Waals surface area (Å²) in [6.07, 6.45) is 2.38. The van der Waals surface area contributed by atoms with Crippen molar-refractivity contribution in [2.75, 3.05) is 17.7 Å². The van der Waals surface area contributed by atoms with Gasteiger partial charge in [-0.1, -0.05) is 0 Å². The van der Waals surface area contributed by atoms with Gasteiger partial charge in [0, 0.05) is 6.61 Å². The molecule has 106 valence electrons. The van der Waals surface area contributed by atoms with Gasteiger partial charge in [0.05, 0.1) is 17.4 Å². The number of ether oxygens (including phenoxy) is 1. The average molecular weight is 303 g/mol. The van der Waals surface area contributed by atoms with Gasteiger partial charge < -0.3 is 15.8 Å². The molecule has 1 aromatic heterocycles. The first-order valence-corrected chi connectivity index (χ1v) is 8.69. The van der Waals surface area contributed by atoms with Gasteiger partial charge in [0.15, 0.2) is 15.7 Å². The highest BCUT2D eigenvalue weighted by atomic mass is 32.2. The minimum absolute atomic E-state index is 0.0693. The third-order valence-electron chi connectivity index (χ3n) is 3.61. The molecule has 1 saturated heterocycles. The number of nitrogens with two attached hydrogens (primary N) is 1. The fraction of sp³-hybridized carbons (Fsp3) is 0.727. The van der Waals surface area contributed by atoms with Gasteiger partial charge >= 0.3 is 0 Å². The van der Waals surface area contributed by atoms with Gasteiger partial charge in [-0.3, -0.25) is 0 Å². The molecule has 8 heteroatoms. The molecule has 1 aliphatic carbocycles. The highest BCUT2D eigenvalue weighted by molar-refractivity contribution is 7.92. The van der Waals surface area contributed by atoms with Crippen LogP contribution < -0.4 is 11.1 Å². The summed E-state index contributed by atoms with van der Waals surface area (Å²) >= 11 is 1.12. The third-order valence-corrected chi connectivity index (χ3v) is 6.87. The molecule has 0 spiro atoms. The Balaban J connectivity index is 1.90. The fourth-order valence-corrected chi connectivity index (χ4v) is 5.23. The van der Waals surface area contributed by atoms with E-state index >= 15 is 0 Å². The highest BCUT2D eigenvalue weighted by Crippen LogP contribution is 2.41. The molecule has 19 heavy (non-hydrogen) atoms. The molecule has 2 heterocycles. The van der Waals surface area contributed by atoms with Crippen LogP contribution in [-0.2, 0) is 14.6 Å². The Hall–Kier alpha value is -0.860. The largest absolute Gasteiger partial charge is 0.382 e. The summed E-state index contributed by atoms with van der Waals surface area (Å²) in [7, 11) is -3.32. The predicted molar refractivity (Wildman–Crippen MR) is 74.2 cm³/mol. The number of rotatable bonds is 4. The Kier molecular flexibility index (Phi) is 3.18. The number of hydrogen-bond donors (Lipinski definition) is 2. The van der Waals surface area contributed by atoms with Crippen LogP contribution in [0.15, 0.2) is 4.90 Å². The summed E-state index contributed by atoms with van der Waals surface area (Å²) < 4.78 is 34.2. The van der Waals surface area contributed by atoms with Gasteiger partial charge in [-0.25, -0.2) is 8.42 Å². The summed E-state index contributed by atoms with van der Waals surface area (Å²) in [4.78, 5) is 0.194. The molecule has 3 rings (SSSR count). The third kappa shape index (κ3) is 2.32. The lowest BCUT2D eigenvalue weighted by molar-refractivity contribution is 0.121. The Bertz CT molecular complexity index is 580. The topological polar surface area (TPSA) is 94.3 Å². The van der Waals surface area contributed by atoms with E-state index in [0.717, 1.165) is 30.8 Å². The maximum atomic E-state index is 12.4. The molecule has 0 amide bonds. The summed E-state index contributed by atoms with van der Waals surface area (Å²) in [6, 6.07) is 0.119. The Morgan fingerprint density at radius 3 is 2.74 bits per heavy atom. The monoisotopic (exact) mass is 303 g/mol. The van der Waals surface area contributed by atoms with Crippen molar-refractivity contribution in [1.82, 2.24) is 4.37 Å². The first-order chi connectivity index (χ1) is 9.00. The molecule has 1 aliphatic heterocycles. The second-order valence-corrected chi connectivity index (χ2v) is 8.02. The number of anilines is 2. The molecule has 6 nitrogen and oxygen atoms in total. The van der Waals surface area contributed by atoms with E-state index < -0.39 is 9.84 Å². The summed E-state index contributed by atoms with van der Waals surface area (Å²) in [5.41, 5.74) is 5.75. The fourth-order valence-electron chi connectivity index (χ4n) is 2.30. The lowest BCUT2D eigenvalue weighted by atomic mass is 10.2. The summed E-state index contributed by atoms with van der Waals surface area (Å²) in [5.74, 6) is 0.117. The second kappa shape index (κ2) is 4.60. The van der Waals surface area contributed by atoms with Gasteiger partial charge in [-0.05, 0) is 37.7 Å². The number of nitrogen functional groups attached to an aromatic ring is 1. The van der Waals surface area contributed by atoms with Crippen LogP contribution in [0.5, 0.6) is 0 Å². The Morgan fingerprint density at radius 1 is 1.42 bits per heavy atom. The molecule has 1 aromatic rings. The van der Waals surface area contributed by atoms with E-state index in [-0.39, 0.29) is 28.1 Å². The van der Waals surface area contributed by atoms with Crippen molar-refractivity contribution in [1.29, 1.82) is 0 Å². The zero-order valence-electron chi connectivity index (χ0n) is 10.6. The molecular weight excluding hydrogens is 286 g/mol. The van der Waals surface area contributed by atoms with Gasteiger partial charge in [-0.15, -0.1) is 0 Å². The minimum atomic E-state index is -3.32. The molecule has 0 bridgehead atoms. The van der Waals surface area contributed by atoms with Crippen LogP contribution >= 0.6 is 11.5 Å². The lowest BCUT2D eigenvalue weighted by Crippen LogP contribution is -2.27. The molecule has 2 unspecified atom stereocenters. The van der Waals surface area contributed by atoms with Crippen molar-refractivity contribution in [2.45, 2.75) is 48.5 Å². The number of sulfone groups is 1. The first kappa shape index (κ1) is 13.1. The second-order valence-electron chi connectivity index (χ2n) is 5.09. The quantitative estimate of drug-likeness (QED) is 0.869. The average Bonchev–Trinajstić information content (AvgIpc) is 3.05. The Labute approximate surface area is 116 Å². The Morgan fingerprint density at radius 2 is 2.16 bits per heavy atom.